The van der Waals surface area contributed by atoms with Crippen molar-refractivity contribution in [1.82, 2.24) is 0 Å². The third-order valence-electron chi connectivity index (χ3n) is 3.73. The number of phenols is 1. The number of aromatic hydroxyl groups is 1. The van der Waals surface area contributed by atoms with E-state index in [4.69, 9.17) is 0 Å². The normalized spacial score (nSPS) is 10.3. The third kappa shape index (κ3) is 4.75. The summed E-state index contributed by atoms with van der Waals surface area (Å²) in [6.45, 7) is 0. The fraction of sp³-hybridized carbons (Fsp3) is 0. The summed E-state index contributed by atoms with van der Waals surface area (Å²) in [5.74, 6) is -1.39. The van der Waals surface area contributed by atoms with Crippen LogP contribution >= 0.6 is 31.9 Å². The van der Waals surface area contributed by atoms with Gasteiger partial charge in [0.15, 0.2) is 0 Å². The molecule has 27 heavy (non-hydrogen) atoms. The quantitative estimate of drug-likeness (QED) is 0.457. The first kappa shape index (κ1) is 19.1. The molecule has 0 aromatic heterocycles. The van der Waals surface area contributed by atoms with Crippen molar-refractivity contribution in [2.75, 3.05) is 10.6 Å². The predicted octanol–water partition coefficient (Wildman–Crippen LogP) is 5.42. The van der Waals surface area contributed by atoms with E-state index < -0.39 is 11.8 Å². The van der Waals surface area contributed by atoms with Gasteiger partial charge in [-0.2, -0.15) is 0 Å². The third-order valence-corrected chi connectivity index (χ3v) is 4.79. The van der Waals surface area contributed by atoms with Gasteiger partial charge in [0, 0.05) is 20.3 Å². The van der Waals surface area contributed by atoms with Crippen molar-refractivity contribution in [2.45, 2.75) is 0 Å². The number of carbonyl (C=O) groups is 2. The van der Waals surface area contributed by atoms with Crippen molar-refractivity contribution in [2.24, 2.45) is 0 Å². The first-order valence-electron chi connectivity index (χ1n) is 7.90. The van der Waals surface area contributed by atoms with Crippen LogP contribution in [0.5, 0.6) is 5.75 Å². The van der Waals surface area contributed by atoms with E-state index in [0.29, 0.717) is 11.4 Å². The highest BCUT2D eigenvalue weighted by atomic mass is 79.9. The summed E-state index contributed by atoms with van der Waals surface area (Å²) in [6.07, 6.45) is 0. The van der Waals surface area contributed by atoms with Crippen molar-refractivity contribution in [3.05, 3.63) is 86.8 Å². The number of nitrogens with one attached hydrogen (secondary N) is 2. The SMILES string of the molecule is O=C(Nc1ccc(Br)cc1)c1cccc(C(=O)Nc2ccc(Br)cc2)c1O. The molecule has 0 saturated carbocycles. The zero-order chi connectivity index (χ0) is 19.4. The van der Waals surface area contributed by atoms with Crippen molar-refractivity contribution >= 4 is 55.0 Å². The second-order valence-electron chi connectivity index (χ2n) is 5.62. The van der Waals surface area contributed by atoms with Crippen molar-refractivity contribution in [3.8, 4) is 5.75 Å². The summed E-state index contributed by atoms with van der Waals surface area (Å²) < 4.78 is 1.77. The largest absolute Gasteiger partial charge is 0.506 e. The molecule has 0 atom stereocenters. The molecular weight excluding hydrogens is 476 g/mol. The maximum atomic E-state index is 12.5. The number of phenolic OH excluding ortho intramolecular Hbond substituents is 1. The lowest BCUT2D eigenvalue weighted by Gasteiger charge is -2.11. The average Bonchev–Trinajstić information content (AvgIpc) is 2.65. The molecular formula is C20H14Br2N2O3. The molecule has 7 heteroatoms. The Morgan fingerprint density at radius 1 is 0.667 bits per heavy atom. The number of hydrogen-bond acceptors (Lipinski definition) is 3. The van der Waals surface area contributed by atoms with Gasteiger partial charge in [0.05, 0.1) is 11.1 Å². The molecule has 3 aromatic rings. The highest BCUT2D eigenvalue weighted by Gasteiger charge is 2.19. The topological polar surface area (TPSA) is 78.4 Å². The Morgan fingerprint density at radius 3 is 1.41 bits per heavy atom. The van der Waals surface area contributed by atoms with Gasteiger partial charge in [-0.1, -0.05) is 37.9 Å². The van der Waals surface area contributed by atoms with Crippen molar-refractivity contribution in [3.63, 3.8) is 0 Å². The molecule has 5 nitrogen and oxygen atoms in total. The van der Waals surface area contributed by atoms with Crippen LogP contribution < -0.4 is 10.6 Å². The molecule has 0 radical (unpaired) electrons. The van der Waals surface area contributed by atoms with Gasteiger partial charge in [-0.15, -0.1) is 0 Å². The van der Waals surface area contributed by atoms with E-state index in [-0.39, 0.29) is 16.9 Å². The van der Waals surface area contributed by atoms with E-state index in [9.17, 15) is 14.7 Å². The molecule has 0 aliphatic heterocycles. The first-order chi connectivity index (χ1) is 12.9. The molecule has 0 aliphatic carbocycles. The second kappa shape index (κ2) is 8.37. The fourth-order valence-corrected chi connectivity index (χ4v) is 2.90. The second-order valence-corrected chi connectivity index (χ2v) is 7.46. The summed E-state index contributed by atoms with van der Waals surface area (Å²) in [4.78, 5) is 24.9. The van der Waals surface area contributed by atoms with Crippen LogP contribution in [-0.4, -0.2) is 16.9 Å². The zero-order valence-electron chi connectivity index (χ0n) is 13.9. The average molecular weight is 490 g/mol. The highest BCUT2D eigenvalue weighted by molar-refractivity contribution is 9.10. The Labute approximate surface area is 172 Å². The van der Waals surface area contributed by atoms with Gasteiger partial charge < -0.3 is 15.7 Å². The molecule has 136 valence electrons. The number of rotatable bonds is 4. The maximum absolute atomic E-state index is 12.5. The van der Waals surface area contributed by atoms with Gasteiger partial charge in [0.25, 0.3) is 11.8 Å². The predicted molar refractivity (Wildman–Crippen MR) is 112 cm³/mol. The standard InChI is InChI=1S/C20H14Br2N2O3/c21-12-4-8-14(9-5-12)23-19(26)16-2-1-3-17(18(16)25)20(27)24-15-10-6-13(22)7-11-15/h1-11,25H,(H,23,26)(H,24,27). The molecule has 0 fully saturated rings. The molecule has 2 amide bonds. The number of para-hydroxylation sites is 1. The van der Waals surface area contributed by atoms with Gasteiger partial charge in [-0.3, -0.25) is 9.59 Å². The van der Waals surface area contributed by atoms with Crippen LogP contribution in [0.15, 0.2) is 75.7 Å². The summed E-state index contributed by atoms with van der Waals surface area (Å²) in [6, 6.07) is 18.5. The number of halogens is 2. The molecule has 0 bridgehead atoms. The summed E-state index contributed by atoms with van der Waals surface area (Å²) in [5.41, 5.74) is 1.18. The lowest BCUT2D eigenvalue weighted by molar-refractivity contribution is 0.102. The van der Waals surface area contributed by atoms with Crippen LogP contribution in [0.25, 0.3) is 0 Å². The number of anilines is 2. The van der Waals surface area contributed by atoms with Crippen LogP contribution in [0.1, 0.15) is 20.7 Å². The van der Waals surface area contributed by atoms with Gasteiger partial charge in [-0.05, 0) is 60.7 Å². The number of hydrogen-bond donors (Lipinski definition) is 3. The molecule has 0 unspecified atom stereocenters. The highest BCUT2D eigenvalue weighted by Crippen LogP contribution is 2.25. The Bertz CT molecular complexity index is 909. The number of benzene rings is 3. The van der Waals surface area contributed by atoms with Gasteiger partial charge in [0.2, 0.25) is 0 Å². The molecule has 3 rings (SSSR count). The van der Waals surface area contributed by atoms with Gasteiger partial charge >= 0.3 is 0 Å². The van der Waals surface area contributed by atoms with E-state index in [1.54, 1.807) is 54.6 Å². The minimum atomic E-state index is -0.506. The molecule has 3 aromatic carbocycles. The Morgan fingerprint density at radius 2 is 1.04 bits per heavy atom. The Balaban J connectivity index is 1.80. The minimum Gasteiger partial charge on any atom is -0.506 e. The van der Waals surface area contributed by atoms with Crippen LogP contribution in [0, 0.1) is 0 Å². The molecule has 0 saturated heterocycles. The van der Waals surface area contributed by atoms with E-state index in [0.717, 1.165) is 8.95 Å². The van der Waals surface area contributed by atoms with Crippen LogP contribution in [0.2, 0.25) is 0 Å². The Hall–Kier alpha value is -2.64. The van der Waals surface area contributed by atoms with Crippen LogP contribution in [0.3, 0.4) is 0 Å². The summed E-state index contributed by atoms with van der Waals surface area (Å²) in [7, 11) is 0. The van der Waals surface area contributed by atoms with Gasteiger partial charge in [0.1, 0.15) is 5.75 Å². The van der Waals surface area contributed by atoms with Crippen LogP contribution in [0.4, 0.5) is 11.4 Å². The van der Waals surface area contributed by atoms with Crippen LogP contribution in [-0.2, 0) is 0 Å². The lowest BCUT2D eigenvalue weighted by atomic mass is 10.1. The zero-order valence-corrected chi connectivity index (χ0v) is 17.0. The van der Waals surface area contributed by atoms with Gasteiger partial charge in [-0.25, -0.2) is 0 Å². The summed E-state index contributed by atoms with van der Waals surface area (Å²) >= 11 is 6.65. The molecule has 0 heterocycles. The molecule has 0 aliphatic rings. The van der Waals surface area contributed by atoms with E-state index in [2.05, 4.69) is 42.5 Å². The van der Waals surface area contributed by atoms with Crippen molar-refractivity contribution in [1.29, 1.82) is 0 Å². The Kier molecular flexibility index (Phi) is 5.93. The van der Waals surface area contributed by atoms with Crippen molar-refractivity contribution < 1.29 is 14.7 Å². The minimum absolute atomic E-state index is 0.0152. The monoisotopic (exact) mass is 488 g/mol. The summed E-state index contributed by atoms with van der Waals surface area (Å²) in [5, 5.41) is 15.8. The fourth-order valence-electron chi connectivity index (χ4n) is 2.37. The molecule has 3 N–H and O–H groups in total. The number of amides is 2. The van der Waals surface area contributed by atoms with E-state index in [1.165, 1.54) is 12.1 Å². The lowest BCUT2D eigenvalue weighted by Crippen LogP contribution is -2.16. The first-order valence-corrected chi connectivity index (χ1v) is 9.48. The van der Waals surface area contributed by atoms with E-state index >= 15 is 0 Å². The number of carbonyl (C=O) groups excluding carboxylic acids is 2. The smallest absolute Gasteiger partial charge is 0.259 e. The maximum Gasteiger partial charge on any atom is 0.259 e. The van der Waals surface area contributed by atoms with E-state index in [1.807, 2.05) is 0 Å². The molecule has 0 spiro atoms.